The van der Waals surface area contributed by atoms with E-state index in [9.17, 15) is 4.79 Å². The number of aromatic nitrogens is 4. The van der Waals surface area contributed by atoms with Gasteiger partial charge < -0.3 is 4.98 Å². The fourth-order valence-electron chi connectivity index (χ4n) is 2.01. The van der Waals surface area contributed by atoms with E-state index in [0.29, 0.717) is 26.9 Å². The monoisotopic (exact) mass is 306 g/mol. The van der Waals surface area contributed by atoms with Crippen molar-refractivity contribution in [1.82, 2.24) is 19.7 Å². The predicted molar refractivity (Wildman–Crippen MR) is 81.0 cm³/mol. The van der Waals surface area contributed by atoms with Crippen LogP contribution < -0.4 is 5.56 Å². The van der Waals surface area contributed by atoms with Crippen LogP contribution in [0.2, 0.25) is 5.02 Å². The molecule has 7 heteroatoms. The molecule has 0 fully saturated rings. The van der Waals surface area contributed by atoms with Gasteiger partial charge in [-0.1, -0.05) is 11.6 Å². The van der Waals surface area contributed by atoms with E-state index >= 15 is 0 Å². The van der Waals surface area contributed by atoms with Gasteiger partial charge in [0, 0.05) is 5.02 Å². The van der Waals surface area contributed by atoms with E-state index in [-0.39, 0.29) is 5.56 Å². The van der Waals surface area contributed by atoms with Crippen LogP contribution in [0.25, 0.3) is 16.7 Å². The number of aryl methyl sites for hydroxylation is 1. The van der Waals surface area contributed by atoms with Crippen LogP contribution in [-0.2, 0) is 0 Å². The SMILES string of the molecule is CSc1nn(-c2ccc(Cl)cc2)c2nc(C)[nH]c(=O)c12. The molecule has 0 radical (unpaired) electrons. The van der Waals surface area contributed by atoms with Crippen LogP contribution in [0.3, 0.4) is 0 Å². The van der Waals surface area contributed by atoms with Gasteiger partial charge in [-0.05, 0) is 37.4 Å². The molecule has 0 spiro atoms. The third kappa shape index (κ3) is 2.10. The zero-order chi connectivity index (χ0) is 14.3. The Hall–Kier alpha value is -1.79. The molecule has 1 N–H and O–H groups in total. The van der Waals surface area contributed by atoms with E-state index < -0.39 is 0 Å². The van der Waals surface area contributed by atoms with Crippen LogP contribution in [0.4, 0.5) is 0 Å². The molecule has 0 aliphatic rings. The first-order valence-corrected chi connectivity index (χ1v) is 7.50. The van der Waals surface area contributed by atoms with Gasteiger partial charge >= 0.3 is 0 Å². The zero-order valence-electron chi connectivity index (χ0n) is 10.8. The number of nitrogens with zero attached hydrogens (tertiary/aromatic N) is 3. The second-order valence-electron chi connectivity index (χ2n) is 4.25. The van der Waals surface area contributed by atoms with E-state index in [1.165, 1.54) is 11.8 Å². The predicted octanol–water partition coefficient (Wildman–Crippen LogP) is 2.79. The summed E-state index contributed by atoms with van der Waals surface area (Å²) in [5.74, 6) is 0.560. The number of halogens is 1. The normalized spacial score (nSPS) is 11.2. The van der Waals surface area contributed by atoms with Crippen LogP contribution >= 0.6 is 23.4 Å². The fourth-order valence-corrected chi connectivity index (χ4v) is 2.69. The Balaban J connectivity index is 2.36. The molecule has 20 heavy (non-hydrogen) atoms. The molecule has 0 unspecified atom stereocenters. The zero-order valence-corrected chi connectivity index (χ0v) is 12.4. The highest BCUT2D eigenvalue weighted by atomic mass is 35.5. The van der Waals surface area contributed by atoms with Crippen molar-refractivity contribution >= 4 is 34.4 Å². The standard InChI is InChI=1S/C13H11ClN4OS/c1-7-15-11-10(12(19)16-7)13(20-2)17-18(11)9-5-3-8(14)4-6-9/h3-6H,1-2H3,(H,15,16,19). The largest absolute Gasteiger partial charge is 0.310 e. The molecule has 0 aliphatic carbocycles. The minimum absolute atomic E-state index is 0.169. The molecule has 0 saturated carbocycles. The van der Waals surface area contributed by atoms with Gasteiger partial charge in [0.2, 0.25) is 0 Å². The molecule has 0 bridgehead atoms. The molecular formula is C13H11ClN4OS. The van der Waals surface area contributed by atoms with Gasteiger partial charge in [-0.2, -0.15) is 5.10 Å². The van der Waals surface area contributed by atoms with E-state index in [1.807, 2.05) is 18.4 Å². The molecule has 5 nitrogen and oxygen atoms in total. The third-order valence-electron chi connectivity index (χ3n) is 2.89. The van der Waals surface area contributed by atoms with Gasteiger partial charge in [0.15, 0.2) is 5.65 Å². The van der Waals surface area contributed by atoms with Gasteiger partial charge in [0.25, 0.3) is 5.56 Å². The summed E-state index contributed by atoms with van der Waals surface area (Å²) < 4.78 is 1.67. The highest BCUT2D eigenvalue weighted by Crippen LogP contribution is 2.24. The maximum atomic E-state index is 12.1. The molecule has 3 aromatic rings. The number of fused-ring (bicyclic) bond motifs is 1. The second-order valence-corrected chi connectivity index (χ2v) is 5.48. The minimum atomic E-state index is -0.169. The van der Waals surface area contributed by atoms with Crippen molar-refractivity contribution in [1.29, 1.82) is 0 Å². The summed E-state index contributed by atoms with van der Waals surface area (Å²) in [7, 11) is 0. The molecule has 0 saturated heterocycles. The lowest BCUT2D eigenvalue weighted by Crippen LogP contribution is -2.10. The van der Waals surface area contributed by atoms with Crippen molar-refractivity contribution in [2.75, 3.05) is 6.26 Å². The maximum Gasteiger partial charge on any atom is 0.263 e. The summed E-state index contributed by atoms with van der Waals surface area (Å²) in [5, 5.41) is 6.28. The molecule has 2 heterocycles. The Kier molecular flexibility index (Phi) is 3.27. The summed E-state index contributed by atoms with van der Waals surface area (Å²) in [5.41, 5.74) is 1.20. The van der Waals surface area contributed by atoms with Crippen LogP contribution in [0.15, 0.2) is 34.1 Å². The summed E-state index contributed by atoms with van der Waals surface area (Å²) in [6, 6.07) is 7.25. The molecule has 0 atom stereocenters. The smallest absolute Gasteiger partial charge is 0.263 e. The lowest BCUT2D eigenvalue weighted by atomic mass is 10.3. The highest BCUT2D eigenvalue weighted by Gasteiger charge is 2.16. The van der Waals surface area contributed by atoms with E-state index in [0.717, 1.165) is 5.69 Å². The number of nitrogens with one attached hydrogen (secondary N) is 1. The number of H-pyrrole nitrogens is 1. The van der Waals surface area contributed by atoms with Crippen LogP contribution in [0.5, 0.6) is 0 Å². The number of thioether (sulfide) groups is 1. The van der Waals surface area contributed by atoms with Crippen molar-refractivity contribution in [3.8, 4) is 5.69 Å². The first-order chi connectivity index (χ1) is 9.60. The average molecular weight is 307 g/mol. The van der Waals surface area contributed by atoms with Crippen molar-refractivity contribution in [3.63, 3.8) is 0 Å². The Morgan fingerprint density at radius 1 is 1.30 bits per heavy atom. The number of rotatable bonds is 2. The van der Waals surface area contributed by atoms with Crippen LogP contribution in [0, 0.1) is 6.92 Å². The Bertz CT molecular complexity index is 838. The van der Waals surface area contributed by atoms with Gasteiger partial charge in [0.05, 0.1) is 5.69 Å². The van der Waals surface area contributed by atoms with Crippen molar-refractivity contribution in [2.45, 2.75) is 11.9 Å². The third-order valence-corrected chi connectivity index (χ3v) is 3.81. The molecule has 102 valence electrons. The van der Waals surface area contributed by atoms with Gasteiger partial charge in [-0.25, -0.2) is 9.67 Å². The lowest BCUT2D eigenvalue weighted by molar-refractivity contribution is 0.849. The van der Waals surface area contributed by atoms with Gasteiger partial charge in [0.1, 0.15) is 16.2 Å². The number of benzene rings is 1. The van der Waals surface area contributed by atoms with Crippen molar-refractivity contribution < 1.29 is 0 Å². The quantitative estimate of drug-likeness (QED) is 0.739. The number of hydrogen-bond acceptors (Lipinski definition) is 4. The van der Waals surface area contributed by atoms with Gasteiger partial charge in [-0.3, -0.25) is 4.79 Å². The topological polar surface area (TPSA) is 63.6 Å². The average Bonchev–Trinajstić information content (AvgIpc) is 2.78. The van der Waals surface area contributed by atoms with Crippen LogP contribution in [-0.4, -0.2) is 26.0 Å². The van der Waals surface area contributed by atoms with E-state index in [1.54, 1.807) is 23.7 Å². The van der Waals surface area contributed by atoms with Crippen molar-refractivity contribution in [2.24, 2.45) is 0 Å². The van der Waals surface area contributed by atoms with E-state index in [2.05, 4.69) is 15.1 Å². The second kappa shape index (κ2) is 4.96. The molecule has 3 rings (SSSR count). The summed E-state index contributed by atoms with van der Waals surface area (Å²) in [6.45, 7) is 1.75. The highest BCUT2D eigenvalue weighted by molar-refractivity contribution is 7.98. The van der Waals surface area contributed by atoms with Gasteiger partial charge in [-0.15, -0.1) is 11.8 Å². The van der Waals surface area contributed by atoms with E-state index in [4.69, 9.17) is 11.6 Å². The lowest BCUT2D eigenvalue weighted by Gasteiger charge is -2.02. The summed E-state index contributed by atoms with van der Waals surface area (Å²) in [4.78, 5) is 19.2. The summed E-state index contributed by atoms with van der Waals surface area (Å²) in [6.07, 6.45) is 1.88. The minimum Gasteiger partial charge on any atom is -0.310 e. The van der Waals surface area contributed by atoms with Crippen molar-refractivity contribution in [3.05, 3.63) is 45.5 Å². The molecule has 2 aromatic heterocycles. The molecular weight excluding hydrogens is 296 g/mol. The van der Waals surface area contributed by atoms with Crippen LogP contribution in [0.1, 0.15) is 5.82 Å². The first-order valence-electron chi connectivity index (χ1n) is 5.89. The molecule has 0 aliphatic heterocycles. The Morgan fingerprint density at radius 3 is 2.65 bits per heavy atom. The molecule has 1 aromatic carbocycles. The summed E-state index contributed by atoms with van der Waals surface area (Å²) >= 11 is 7.31. The Labute approximate surface area is 124 Å². The number of hydrogen-bond donors (Lipinski definition) is 1. The molecule has 0 amide bonds. The Morgan fingerprint density at radius 2 is 2.00 bits per heavy atom. The maximum absolute atomic E-state index is 12.1. The fraction of sp³-hybridized carbons (Fsp3) is 0.154. The number of aromatic amines is 1. The first kappa shape index (κ1) is 13.2.